The molecule has 0 bridgehead atoms. The zero-order valence-electron chi connectivity index (χ0n) is 17.2. The van der Waals surface area contributed by atoms with Crippen molar-refractivity contribution in [3.05, 3.63) is 42.0 Å². The molecule has 1 saturated heterocycles. The lowest BCUT2D eigenvalue weighted by molar-refractivity contribution is -0.146. The van der Waals surface area contributed by atoms with E-state index < -0.39 is 0 Å². The predicted molar refractivity (Wildman–Crippen MR) is 110 cm³/mol. The Kier molecular flexibility index (Phi) is 5.50. The van der Waals surface area contributed by atoms with Crippen molar-refractivity contribution in [2.24, 2.45) is 23.2 Å². The van der Waals surface area contributed by atoms with Crippen molar-refractivity contribution in [3.8, 4) is 5.75 Å². The first-order valence-corrected chi connectivity index (χ1v) is 10.7. The van der Waals surface area contributed by atoms with Gasteiger partial charge in [-0.1, -0.05) is 37.3 Å². The fourth-order valence-electron chi connectivity index (χ4n) is 5.88. The molecule has 2 aliphatic carbocycles. The summed E-state index contributed by atoms with van der Waals surface area (Å²) < 4.78 is 11.3. The number of carbonyl (C=O) groups excluding carboxylic acids is 1. The number of benzene rings is 1. The van der Waals surface area contributed by atoms with E-state index in [4.69, 9.17) is 9.47 Å². The Morgan fingerprint density at radius 2 is 2.18 bits per heavy atom. The molecule has 152 valence electrons. The van der Waals surface area contributed by atoms with Crippen LogP contribution < -0.4 is 10.1 Å². The molecule has 4 nitrogen and oxygen atoms in total. The summed E-state index contributed by atoms with van der Waals surface area (Å²) in [4.78, 5) is 12.6. The van der Waals surface area contributed by atoms with Crippen molar-refractivity contribution in [2.45, 2.75) is 51.6 Å². The zero-order chi connectivity index (χ0) is 19.7. The molecule has 0 aromatic heterocycles. The highest BCUT2D eigenvalue weighted by atomic mass is 16.6. The molecule has 4 rings (SSSR count). The van der Waals surface area contributed by atoms with Crippen LogP contribution in [0.15, 0.2) is 36.4 Å². The molecule has 2 saturated carbocycles. The highest BCUT2D eigenvalue weighted by molar-refractivity contribution is 5.75. The number of methoxy groups -OCH3 is 1. The van der Waals surface area contributed by atoms with Gasteiger partial charge in [0.2, 0.25) is 0 Å². The van der Waals surface area contributed by atoms with Crippen LogP contribution in [0.3, 0.4) is 0 Å². The zero-order valence-corrected chi connectivity index (χ0v) is 17.2. The number of nitrogens with one attached hydrogen (secondary N) is 1. The third-order valence-electron chi connectivity index (χ3n) is 7.45. The van der Waals surface area contributed by atoms with E-state index >= 15 is 0 Å². The summed E-state index contributed by atoms with van der Waals surface area (Å²) in [6.45, 7) is 8.28. The van der Waals surface area contributed by atoms with Gasteiger partial charge in [-0.15, -0.1) is 0 Å². The first kappa shape index (κ1) is 19.5. The van der Waals surface area contributed by atoms with Gasteiger partial charge in [0.05, 0.1) is 13.0 Å². The van der Waals surface area contributed by atoms with Crippen molar-refractivity contribution in [3.63, 3.8) is 0 Å². The van der Waals surface area contributed by atoms with Crippen molar-refractivity contribution >= 4 is 5.97 Å². The summed E-state index contributed by atoms with van der Waals surface area (Å²) in [5.74, 6) is 1.77. The van der Waals surface area contributed by atoms with E-state index in [2.05, 4.69) is 24.9 Å². The van der Waals surface area contributed by atoms with Crippen molar-refractivity contribution in [1.82, 2.24) is 5.32 Å². The number of carbonyl (C=O) groups is 1. The van der Waals surface area contributed by atoms with Gasteiger partial charge in [-0.3, -0.25) is 4.79 Å². The van der Waals surface area contributed by atoms with Crippen LogP contribution in [0.2, 0.25) is 0 Å². The molecular weight excluding hydrogens is 350 g/mol. The van der Waals surface area contributed by atoms with Crippen LogP contribution in [0.1, 0.15) is 44.6 Å². The Balaban J connectivity index is 1.35. The second-order valence-electron chi connectivity index (χ2n) is 9.17. The Hall–Kier alpha value is -1.81. The summed E-state index contributed by atoms with van der Waals surface area (Å²) in [5, 5.41) is 3.50. The minimum atomic E-state index is -0.0260. The van der Waals surface area contributed by atoms with Crippen molar-refractivity contribution in [2.75, 3.05) is 20.2 Å². The molecule has 1 aliphatic heterocycles. The maximum atomic E-state index is 12.6. The second kappa shape index (κ2) is 7.90. The lowest BCUT2D eigenvalue weighted by Gasteiger charge is -2.50. The maximum absolute atomic E-state index is 12.6. The fraction of sp³-hybridized carbons (Fsp3) is 0.625. The monoisotopic (exact) mass is 383 g/mol. The van der Waals surface area contributed by atoms with Crippen LogP contribution in [-0.2, 0) is 16.0 Å². The van der Waals surface area contributed by atoms with E-state index in [1.165, 1.54) is 24.0 Å². The molecule has 0 unspecified atom stereocenters. The van der Waals surface area contributed by atoms with E-state index in [0.717, 1.165) is 38.0 Å². The van der Waals surface area contributed by atoms with Gasteiger partial charge in [-0.2, -0.15) is 0 Å². The molecule has 28 heavy (non-hydrogen) atoms. The van der Waals surface area contributed by atoms with E-state index in [9.17, 15) is 4.79 Å². The highest BCUT2D eigenvalue weighted by Gasteiger charge is 2.54. The largest absolute Gasteiger partial charge is 0.496 e. The summed E-state index contributed by atoms with van der Waals surface area (Å²) in [7, 11) is 1.71. The Morgan fingerprint density at radius 1 is 1.36 bits per heavy atom. The number of esters is 1. The smallest absolute Gasteiger partial charge is 0.310 e. The first-order valence-electron chi connectivity index (χ1n) is 10.7. The molecule has 4 heteroatoms. The molecule has 0 amide bonds. The van der Waals surface area contributed by atoms with Crippen LogP contribution in [0.5, 0.6) is 5.75 Å². The number of ether oxygens (including phenoxy) is 2. The van der Waals surface area contributed by atoms with Crippen LogP contribution in [0, 0.1) is 23.2 Å². The number of fused-ring (bicyclic) bond motifs is 2. The third kappa shape index (κ3) is 3.59. The fourth-order valence-corrected chi connectivity index (χ4v) is 5.88. The summed E-state index contributed by atoms with van der Waals surface area (Å²) >= 11 is 0. The highest BCUT2D eigenvalue weighted by Crippen LogP contribution is 2.56. The van der Waals surface area contributed by atoms with Gasteiger partial charge in [-0.05, 0) is 68.0 Å². The lowest BCUT2D eigenvalue weighted by Crippen LogP contribution is -2.45. The van der Waals surface area contributed by atoms with E-state index in [0.29, 0.717) is 18.4 Å². The van der Waals surface area contributed by atoms with E-state index in [-0.39, 0.29) is 23.4 Å². The van der Waals surface area contributed by atoms with Gasteiger partial charge in [0, 0.05) is 12.5 Å². The molecule has 3 aliphatic rings. The Bertz CT molecular complexity index is 745. The summed E-state index contributed by atoms with van der Waals surface area (Å²) in [5.41, 5.74) is 2.86. The standard InChI is InChI=1S/C24H33NO3/c1-16-7-6-11-24(2)14-22-18(13-20(16)24)19(23(26)28-22)15-25-12-10-17-8-4-5-9-21(17)27-3/h4-5,8-9,18-20,22,25H,1,6-7,10-15H2,2-3H3/t18-,19+,20+,22+,24+/m0/s1. The first-order chi connectivity index (χ1) is 13.5. The van der Waals surface area contributed by atoms with Gasteiger partial charge >= 0.3 is 5.97 Å². The minimum absolute atomic E-state index is 0.00680. The maximum Gasteiger partial charge on any atom is 0.310 e. The molecule has 1 heterocycles. The van der Waals surface area contributed by atoms with Crippen molar-refractivity contribution in [1.29, 1.82) is 0 Å². The number of para-hydroxylation sites is 1. The topological polar surface area (TPSA) is 47.6 Å². The Labute approximate surface area is 168 Å². The summed E-state index contributed by atoms with van der Waals surface area (Å²) in [6.07, 6.45) is 6.66. The minimum Gasteiger partial charge on any atom is -0.496 e. The summed E-state index contributed by atoms with van der Waals surface area (Å²) in [6, 6.07) is 8.11. The van der Waals surface area contributed by atoms with Gasteiger partial charge < -0.3 is 14.8 Å². The number of hydrogen-bond donors (Lipinski definition) is 1. The number of hydrogen-bond acceptors (Lipinski definition) is 4. The van der Waals surface area contributed by atoms with Gasteiger partial charge in [0.1, 0.15) is 11.9 Å². The van der Waals surface area contributed by atoms with Gasteiger partial charge in [0.15, 0.2) is 0 Å². The molecule has 0 radical (unpaired) electrons. The van der Waals surface area contributed by atoms with Crippen LogP contribution in [0.4, 0.5) is 0 Å². The van der Waals surface area contributed by atoms with Crippen LogP contribution >= 0.6 is 0 Å². The van der Waals surface area contributed by atoms with Crippen LogP contribution in [-0.4, -0.2) is 32.3 Å². The van der Waals surface area contributed by atoms with Crippen LogP contribution in [0.25, 0.3) is 0 Å². The predicted octanol–water partition coefficient (Wildman–Crippen LogP) is 4.14. The number of allylic oxidation sites excluding steroid dienone is 1. The average molecular weight is 384 g/mol. The average Bonchev–Trinajstić information content (AvgIpc) is 2.97. The molecule has 1 aromatic rings. The van der Waals surface area contributed by atoms with E-state index in [1.54, 1.807) is 7.11 Å². The molecular formula is C24H33NO3. The van der Waals surface area contributed by atoms with Crippen molar-refractivity contribution < 1.29 is 14.3 Å². The Morgan fingerprint density at radius 3 is 3.00 bits per heavy atom. The second-order valence-corrected chi connectivity index (χ2v) is 9.17. The lowest BCUT2D eigenvalue weighted by atomic mass is 9.55. The quantitative estimate of drug-likeness (QED) is 0.456. The third-order valence-corrected chi connectivity index (χ3v) is 7.45. The number of rotatable bonds is 6. The SMILES string of the molecule is C=C1CCC[C@]2(C)C[C@H]3OC(=O)[C@H](CNCCc4ccccc4OC)[C@@H]3C[C@H]12. The van der Waals surface area contributed by atoms with E-state index in [1.807, 2.05) is 18.2 Å². The van der Waals surface area contributed by atoms with Gasteiger partial charge in [0.25, 0.3) is 0 Å². The normalized spacial score (nSPS) is 34.5. The molecule has 1 N–H and O–H groups in total. The van der Waals surface area contributed by atoms with Gasteiger partial charge in [-0.25, -0.2) is 0 Å². The molecule has 1 aromatic carbocycles. The molecule has 0 spiro atoms. The molecule has 3 fully saturated rings. The molecule has 5 atom stereocenters.